The lowest BCUT2D eigenvalue weighted by molar-refractivity contribution is 0.273. The van der Waals surface area contributed by atoms with Crippen LogP contribution < -0.4 is 5.46 Å². The molecule has 19 heavy (non-hydrogen) atoms. The summed E-state index contributed by atoms with van der Waals surface area (Å²) in [7, 11) is -1.62. The SMILES string of the molecule is CCC1CN(Cc2ccc(F)cc2B(O)O)CCS1. The molecule has 1 atom stereocenters. The number of thioether (sulfide) groups is 1. The third-order valence-corrected chi connectivity index (χ3v) is 4.83. The number of hydrogen-bond acceptors (Lipinski definition) is 4. The summed E-state index contributed by atoms with van der Waals surface area (Å²) in [6, 6.07) is 4.22. The van der Waals surface area contributed by atoms with Gasteiger partial charge >= 0.3 is 7.12 Å². The molecule has 1 aromatic carbocycles. The monoisotopic (exact) mass is 283 g/mol. The van der Waals surface area contributed by atoms with Crippen LogP contribution >= 0.6 is 11.8 Å². The molecular formula is C13H19BFNO2S. The minimum Gasteiger partial charge on any atom is -0.423 e. The van der Waals surface area contributed by atoms with Gasteiger partial charge < -0.3 is 10.0 Å². The van der Waals surface area contributed by atoms with E-state index in [1.807, 2.05) is 11.8 Å². The molecule has 2 N–H and O–H groups in total. The number of nitrogens with zero attached hydrogens (tertiary/aromatic N) is 1. The van der Waals surface area contributed by atoms with Crippen molar-refractivity contribution in [3.05, 3.63) is 29.6 Å². The van der Waals surface area contributed by atoms with Gasteiger partial charge in [0.15, 0.2) is 0 Å². The predicted octanol–water partition coefficient (Wildman–Crippen LogP) is 0.833. The lowest BCUT2D eigenvalue weighted by atomic mass is 9.77. The van der Waals surface area contributed by atoms with Crippen LogP contribution in [0.4, 0.5) is 4.39 Å². The summed E-state index contributed by atoms with van der Waals surface area (Å²) in [5, 5.41) is 19.3. The molecule has 0 amide bonds. The average molecular weight is 283 g/mol. The van der Waals surface area contributed by atoms with Gasteiger partial charge in [-0.05, 0) is 29.6 Å². The minimum absolute atomic E-state index is 0.270. The molecule has 0 saturated carbocycles. The third kappa shape index (κ3) is 3.95. The molecule has 0 spiro atoms. The zero-order valence-corrected chi connectivity index (χ0v) is 11.9. The highest BCUT2D eigenvalue weighted by Gasteiger charge is 2.22. The Hall–Kier alpha value is -0.555. The van der Waals surface area contributed by atoms with E-state index in [-0.39, 0.29) is 5.46 Å². The molecule has 1 aliphatic heterocycles. The van der Waals surface area contributed by atoms with Crippen molar-refractivity contribution in [3.8, 4) is 0 Å². The first-order chi connectivity index (χ1) is 9.10. The van der Waals surface area contributed by atoms with Crippen molar-refractivity contribution in [3.63, 3.8) is 0 Å². The zero-order chi connectivity index (χ0) is 13.8. The zero-order valence-electron chi connectivity index (χ0n) is 11.1. The first-order valence-corrected chi connectivity index (χ1v) is 7.63. The van der Waals surface area contributed by atoms with Crippen LogP contribution in [0, 0.1) is 5.82 Å². The Morgan fingerprint density at radius 1 is 1.47 bits per heavy atom. The maximum Gasteiger partial charge on any atom is 0.488 e. The molecule has 2 rings (SSSR count). The summed E-state index contributed by atoms with van der Waals surface area (Å²) in [5.41, 5.74) is 1.06. The molecule has 1 heterocycles. The average Bonchev–Trinajstić information content (AvgIpc) is 2.41. The molecule has 1 fully saturated rings. The van der Waals surface area contributed by atoms with E-state index in [4.69, 9.17) is 0 Å². The summed E-state index contributed by atoms with van der Waals surface area (Å²) in [4.78, 5) is 2.30. The highest BCUT2D eigenvalue weighted by Crippen LogP contribution is 2.22. The largest absolute Gasteiger partial charge is 0.488 e. The van der Waals surface area contributed by atoms with E-state index in [1.54, 1.807) is 6.07 Å². The molecule has 0 bridgehead atoms. The van der Waals surface area contributed by atoms with Gasteiger partial charge in [0, 0.05) is 30.6 Å². The van der Waals surface area contributed by atoms with Crippen molar-refractivity contribution in [2.24, 2.45) is 0 Å². The maximum absolute atomic E-state index is 13.2. The summed E-state index contributed by atoms with van der Waals surface area (Å²) in [5.74, 6) is 0.656. The van der Waals surface area contributed by atoms with Crippen molar-refractivity contribution in [1.82, 2.24) is 4.90 Å². The Labute approximate surface area is 118 Å². The second kappa shape index (κ2) is 6.75. The van der Waals surface area contributed by atoms with Crippen LogP contribution in [-0.2, 0) is 6.54 Å². The topological polar surface area (TPSA) is 43.7 Å². The molecule has 0 radical (unpaired) electrons. The van der Waals surface area contributed by atoms with Crippen molar-refractivity contribution in [2.45, 2.75) is 25.1 Å². The lowest BCUT2D eigenvalue weighted by Crippen LogP contribution is -2.40. The first kappa shape index (κ1) is 14.8. The van der Waals surface area contributed by atoms with E-state index in [1.165, 1.54) is 12.1 Å². The quantitative estimate of drug-likeness (QED) is 0.804. The van der Waals surface area contributed by atoms with Crippen molar-refractivity contribution in [2.75, 3.05) is 18.8 Å². The smallest absolute Gasteiger partial charge is 0.423 e. The van der Waals surface area contributed by atoms with Crippen LogP contribution in [0.25, 0.3) is 0 Å². The van der Waals surface area contributed by atoms with Crippen LogP contribution in [0.2, 0.25) is 0 Å². The number of benzene rings is 1. The summed E-state index contributed by atoms with van der Waals surface area (Å²) >= 11 is 1.99. The first-order valence-electron chi connectivity index (χ1n) is 6.58. The summed E-state index contributed by atoms with van der Waals surface area (Å²) in [6.45, 7) is 4.81. The van der Waals surface area contributed by atoms with Crippen LogP contribution in [0.5, 0.6) is 0 Å². The molecule has 1 unspecified atom stereocenters. The standard InChI is InChI=1S/C13H19BFNO2S/c1-2-12-9-16(5-6-19-12)8-10-3-4-11(15)7-13(10)14(17)18/h3-4,7,12,17-18H,2,5-6,8-9H2,1H3. The molecule has 1 aliphatic rings. The molecule has 0 aromatic heterocycles. The lowest BCUT2D eigenvalue weighted by Gasteiger charge is -2.32. The number of hydrogen-bond donors (Lipinski definition) is 2. The van der Waals surface area contributed by atoms with Gasteiger partial charge in [0.05, 0.1) is 0 Å². The van der Waals surface area contributed by atoms with Crippen LogP contribution in [-0.4, -0.2) is 46.2 Å². The van der Waals surface area contributed by atoms with E-state index in [9.17, 15) is 14.4 Å². The van der Waals surface area contributed by atoms with Gasteiger partial charge in [-0.15, -0.1) is 0 Å². The van der Waals surface area contributed by atoms with Crippen molar-refractivity contribution in [1.29, 1.82) is 0 Å². The highest BCUT2D eigenvalue weighted by molar-refractivity contribution is 8.00. The van der Waals surface area contributed by atoms with Gasteiger partial charge in [0.25, 0.3) is 0 Å². The van der Waals surface area contributed by atoms with E-state index < -0.39 is 12.9 Å². The molecule has 6 heteroatoms. The molecule has 104 valence electrons. The Morgan fingerprint density at radius 3 is 2.95 bits per heavy atom. The Kier molecular flexibility index (Phi) is 5.27. The Morgan fingerprint density at radius 2 is 2.26 bits per heavy atom. The highest BCUT2D eigenvalue weighted by atomic mass is 32.2. The van der Waals surface area contributed by atoms with E-state index in [0.717, 1.165) is 30.8 Å². The molecular weight excluding hydrogens is 264 g/mol. The fraction of sp³-hybridized carbons (Fsp3) is 0.538. The minimum atomic E-state index is -1.62. The van der Waals surface area contributed by atoms with Gasteiger partial charge in [-0.3, -0.25) is 4.90 Å². The molecule has 3 nitrogen and oxygen atoms in total. The van der Waals surface area contributed by atoms with Gasteiger partial charge in [0.1, 0.15) is 5.82 Å². The number of halogens is 1. The second-order valence-corrected chi connectivity index (χ2v) is 6.26. The fourth-order valence-corrected chi connectivity index (χ4v) is 3.61. The Balaban J connectivity index is 2.10. The van der Waals surface area contributed by atoms with E-state index in [2.05, 4.69) is 11.8 Å². The fourth-order valence-electron chi connectivity index (χ4n) is 2.36. The molecule has 1 aromatic rings. The van der Waals surface area contributed by atoms with Crippen molar-refractivity contribution < 1.29 is 14.4 Å². The van der Waals surface area contributed by atoms with Crippen LogP contribution in [0.15, 0.2) is 18.2 Å². The van der Waals surface area contributed by atoms with E-state index >= 15 is 0 Å². The van der Waals surface area contributed by atoms with E-state index in [0.29, 0.717) is 11.8 Å². The normalized spacial score (nSPS) is 20.5. The van der Waals surface area contributed by atoms with Gasteiger partial charge in [-0.1, -0.05) is 13.0 Å². The van der Waals surface area contributed by atoms with Gasteiger partial charge in [-0.25, -0.2) is 4.39 Å². The predicted molar refractivity (Wildman–Crippen MR) is 78.0 cm³/mol. The van der Waals surface area contributed by atoms with Crippen LogP contribution in [0.1, 0.15) is 18.9 Å². The summed E-state index contributed by atoms with van der Waals surface area (Å²) in [6.07, 6.45) is 1.14. The van der Waals surface area contributed by atoms with Crippen LogP contribution in [0.3, 0.4) is 0 Å². The van der Waals surface area contributed by atoms with Crippen molar-refractivity contribution >= 4 is 24.3 Å². The summed E-state index contributed by atoms with van der Waals surface area (Å²) < 4.78 is 13.2. The molecule has 0 aliphatic carbocycles. The third-order valence-electron chi connectivity index (χ3n) is 3.46. The molecule has 1 saturated heterocycles. The maximum atomic E-state index is 13.2. The Bertz CT molecular complexity index is 433. The second-order valence-electron chi connectivity index (χ2n) is 4.85. The number of rotatable bonds is 4. The van der Waals surface area contributed by atoms with Gasteiger partial charge in [0.2, 0.25) is 0 Å². The van der Waals surface area contributed by atoms with Gasteiger partial charge in [-0.2, -0.15) is 11.8 Å².